The van der Waals surface area contributed by atoms with Crippen LogP contribution in [0.15, 0.2) is 6.33 Å². The first-order valence-corrected chi connectivity index (χ1v) is 6.56. The summed E-state index contributed by atoms with van der Waals surface area (Å²) in [5, 5.41) is 3.53. The summed E-state index contributed by atoms with van der Waals surface area (Å²) < 4.78 is 0. The monoisotopic (exact) mass is 234 g/mol. The zero-order valence-electron chi connectivity index (χ0n) is 10.7. The van der Waals surface area contributed by atoms with E-state index in [1.165, 1.54) is 19.3 Å². The average Bonchev–Trinajstić information content (AvgIpc) is 2.69. The number of nitrogens with one attached hydrogen (secondary N) is 1. The molecule has 1 fully saturated rings. The molecule has 0 aliphatic heterocycles. The van der Waals surface area contributed by atoms with E-state index in [1.807, 2.05) is 0 Å². The molecule has 2 unspecified atom stereocenters. The zero-order chi connectivity index (χ0) is 12.3. The molecule has 3 N–H and O–H groups in total. The molecule has 0 saturated heterocycles. The van der Waals surface area contributed by atoms with Crippen molar-refractivity contribution in [3.8, 4) is 0 Å². The Kier molecular flexibility index (Phi) is 3.82. The second-order valence-corrected chi connectivity index (χ2v) is 5.10. The average molecular weight is 234 g/mol. The third-order valence-corrected chi connectivity index (χ3v) is 3.51. The highest BCUT2D eigenvalue weighted by atomic mass is 15.1. The maximum atomic E-state index is 5.92. The first kappa shape index (κ1) is 12.1. The summed E-state index contributed by atoms with van der Waals surface area (Å²) in [5.74, 6) is 2.38. The van der Waals surface area contributed by atoms with Gasteiger partial charge in [-0.15, -0.1) is 0 Å². The van der Waals surface area contributed by atoms with Crippen LogP contribution in [0, 0.1) is 5.92 Å². The van der Waals surface area contributed by atoms with Crippen molar-refractivity contribution in [1.29, 1.82) is 0 Å². The molecular weight excluding hydrogens is 212 g/mol. The van der Waals surface area contributed by atoms with E-state index in [4.69, 9.17) is 5.73 Å². The molecule has 4 heteroatoms. The molecule has 1 aromatic heterocycles. The van der Waals surface area contributed by atoms with Crippen molar-refractivity contribution >= 4 is 11.6 Å². The fourth-order valence-electron chi connectivity index (χ4n) is 2.58. The van der Waals surface area contributed by atoms with Gasteiger partial charge in [0.2, 0.25) is 0 Å². The Labute approximate surface area is 103 Å². The molecule has 1 aliphatic carbocycles. The lowest BCUT2D eigenvalue weighted by atomic mass is 10.1. The van der Waals surface area contributed by atoms with E-state index in [0.717, 1.165) is 30.1 Å². The lowest BCUT2D eigenvalue weighted by Crippen LogP contribution is -2.18. The van der Waals surface area contributed by atoms with Gasteiger partial charge < -0.3 is 11.1 Å². The van der Waals surface area contributed by atoms with Crippen LogP contribution in [0.4, 0.5) is 11.6 Å². The molecule has 1 heterocycles. The Hall–Kier alpha value is -1.32. The standard InChI is InChI=1S/C13H22N4/c1-3-4-11-12(14)15-8-16-13(11)17-10-6-5-9(2)7-10/h8-10H,3-7H2,1-2H3,(H3,14,15,16,17). The molecule has 0 bridgehead atoms. The van der Waals surface area contributed by atoms with Crippen LogP contribution in [0.25, 0.3) is 0 Å². The maximum absolute atomic E-state index is 5.92. The van der Waals surface area contributed by atoms with Gasteiger partial charge in [-0.2, -0.15) is 0 Å². The minimum absolute atomic E-state index is 0.551. The Bertz CT molecular complexity index is 378. The highest BCUT2D eigenvalue weighted by Crippen LogP contribution is 2.29. The van der Waals surface area contributed by atoms with Crippen molar-refractivity contribution < 1.29 is 0 Å². The van der Waals surface area contributed by atoms with E-state index in [-0.39, 0.29) is 0 Å². The van der Waals surface area contributed by atoms with Crippen LogP contribution < -0.4 is 11.1 Å². The molecule has 1 aromatic rings. The maximum Gasteiger partial charge on any atom is 0.134 e. The summed E-state index contributed by atoms with van der Waals surface area (Å²) >= 11 is 0. The lowest BCUT2D eigenvalue weighted by Gasteiger charge is -2.16. The first-order chi connectivity index (χ1) is 8.20. The van der Waals surface area contributed by atoms with Crippen LogP contribution in [-0.4, -0.2) is 16.0 Å². The summed E-state index contributed by atoms with van der Waals surface area (Å²) in [5.41, 5.74) is 7.00. The number of rotatable bonds is 4. The van der Waals surface area contributed by atoms with Gasteiger partial charge in [0.05, 0.1) is 0 Å². The zero-order valence-corrected chi connectivity index (χ0v) is 10.7. The molecule has 4 nitrogen and oxygen atoms in total. The minimum atomic E-state index is 0.551. The van der Waals surface area contributed by atoms with E-state index < -0.39 is 0 Å². The van der Waals surface area contributed by atoms with E-state index in [2.05, 4.69) is 29.1 Å². The Balaban J connectivity index is 2.11. The summed E-state index contributed by atoms with van der Waals surface area (Å²) in [6, 6.07) is 0.551. The Morgan fingerprint density at radius 2 is 2.24 bits per heavy atom. The van der Waals surface area contributed by atoms with Crippen LogP contribution in [0.3, 0.4) is 0 Å². The van der Waals surface area contributed by atoms with Crippen molar-refractivity contribution in [1.82, 2.24) is 9.97 Å². The molecule has 0 aromatic carbocycles. The quantitative estimate of drug-likeness (QED) is 0.840. The van der Waals surface area contributed by atoms with E-state index >= 15 is 0 Å². The van der Waals surface area contributed by atoms with Crippen molar-refractivity contribution in [2.75, 3.05) is 11.1 Å². The molecule has 1 saturated carbocycles. The van der Waals surface area contributed by atoms with E-state index in [1.54, 1.807) is 6.33 Å². The van der Waals surface area contributed by atoms with Crippen LogP contribution in [0.2, 0.25) is 0 Å². The van der Waals surface area contributed by atoms with Crippen molar-refractivity contribution in [3.05, 3.63) is 11.9 Å². The highest BCUT2D eigenvalue weighted by Gasteiger charge is 2.22. The van der Waals surface area contributed by atoms with Gasteiger partial charge in [0.25, 0.3) is 0 Å². The van der Waals surface area contributed by atoms with E-state index in [0.29, 0.717) is 11.9 Å². The molecule has 17 heavy (non-hydrogen) atoms. The summed E-state index contributed by atoms with van der Waals surface area (Å²) in [6.07, 6.45) is 7.33. The molecule has 1 aliphatic rings. The third kappa shape index (κ3) is 2.87. The van der Waals surface area contributed by atoms with Gasteiger partial charge in [-0.05, 0) is 31.6 Å². The van der Waals surface area contributed by atoms with Gasteiger partial charge in [-0.1, -0.05) is 20.3 Å². The number of aromatic nitrogens is 2. The fraction of sp³-hybridized carbons (Fsp3) is 0.692. The summed E-state index contributed by atoms with van der Waals surface area (Å²) in [4.78, 5) is 8.42. The van der Waals surface area contributed by atoms with Gasteiger partial charge >= 0.3 is 0 Å². The SMILES string of the molecule is CCCc1c(N)ncnc1NC1CCC(C)C1. The predicted molar refractivity (Wildman–Crippen MR) is 70.9 cm³/mol. The van der Waals surface area contributed by atoms with Crippen molar-refractivity contribution in [2.45, 2.75) is 52.0 Å². The minimum Gasteiger partial charge on any atom is -0.383 e. The van der Waals surface area contributed by atoms with Gasteiger partial charge in [0.15, 0.2) is 0 Å². The number of hydrogen-bond donors (Lipinski definition) is 2. The van der Waals surface area contributed by atoms with Crippen LogP contribution in [-0.2, 0) is 6.42 Å². The third-order valence-electron chi connectivity index (χ3n) is 3.51. The Morgan fingerprint density at radius 1 is 1.41 bits per heavy atom. The normalized spacial score (nSPS) is 23.9. The number of nitrogens with two attached hydrogens (primary N) is 1. The molecule has 2 rings (SSSR count). The van der Waals surface area contributed by atoms with E-state index in [9.17, 15) is 0 Å². The topological polar surface area (TPSA) is 63.8 Å². The number of hydrogen-bond acceptors (Lipinski definition) is 4. The van der Waals surface area contributed by atoms with Gasteiger partial charge in [0.1, 0.15) is 18.0 Å². The number of nitrogen functional groups attached to an aromatic ring is 1. The molecule has 2 atom stereocenters. The summed E-state index contributed by atoms with van der Waals surface area (Å²) in [7, 11) is 0. The molecule has 0 spiro atoms. The fourth-order valence-corrected chi connectivity index (χ4v) is 2.58. The van der Waals surface area contributed by atoms with Gasteiger partial charge in [-0.3, -0.25) is 0 Å². The van der Waals surface area contributed by atoms with Crippen molar-refractivity contribution in [2.24, 2.45) is 5.92 Å². The first-order valence-electron chi connectivity index (χ1n) is 6.56. The Morgan fingerprint density at radius 3 is 2.88 bits per heavy atom. The molecule has 0 radical (unpaired) electrons. The van der Waals surface area contributed by atoms with Gasteiger partial charge in [-0.25, -0.2) is 9.97 Å². The molecular formula is C13H22N4. The number of anilines is 2. The largest absolute Gasteiger partial charge is 0.383 e. The van der Waals surface area contributed by atoms with Crippen LogP contribution >= 0.6 is 0 Å². The smallest absolute Gasteiger partial charge is 0.134 e. The van der Waals surface area contributed by atoms with Gasteiger partial charge in [0, 0.05) is 11.6 Å². The van der Waals surface area contributed by atoms with Crippen LogP contribution in [0.5, 0.6) is 0 Å². The summed E-state index contributed by atoms with van der Waals surface area (Å²) in [6.45, 7) is 4.46. The van der Waals surface area contributed by atoms with Crippen LogP contribution in [0.1, 0.15) is 45.1 Å². The number of nitrogens with zero attached hydrogens (tertiary/aromatic N) is 2. The second-order valence-electron chi connectivity index (χ2n) is 5.10. The van der Waals surface area contributed by atoms with Crippen molar-refractivity contribution in [3.63, 3.8) is 0 Å². The molecule has 94 valence electrons. The molecule has 0 amide bonds. The second kappa shape index (κ2) is 5.34. The predicted octanol–water partition coefficient (Wildman–Crippen LogP) is 2.61. The lowest BCUT2D eigenvalue weighted by molar-refractivity contribution is 0.602. The highest BCUT2D eigenvalue weighted by molar-refractivity contribution is 5.55.